The highest BCUT2D eigenvalue weighted by Gasteiger charge is 2.18. The van der Waals surface area contributed by atoms with E-state index in [2.05, 4.69) is 47.8 Å². The predicted molar refractivity (Wildman–Crippen MR) is 105 cm³/mol. The van der Waals surface area contributed by atoms with E-state index in [1.165, 1.54) is 27.3 Å². The molecule has 0 atom stereocenters. The number of nitrogens with zero attached hydrogens (tertiary/aromatic N) is 1. The number of nitrogens with one attached hydrogen (secondary N) is 1. The van der Waals surface area contributed by atoms with E-state index in [1.54, 1.807) is 4.90 Å². The van der Waals surface area contributed by atoms with Gasteiger partial charge >= 0.3 is 6.09 Å². The summed E-state index contributed by atoms with van der Waals surface area (Å²) < 4.78 is 5.60. The van der Waals surface area contributed by atoms with Crippen LogP contribution in [0.2, 0.25) is 0 Å². The first kappa shape index (κ1) is 15.4. The van der Waals surface area contributed by atoms with E-state index >= 15 is 0 Å². The van der Waals surface area contributed by atoms with Gasteiger partial charge in [-0.05, 0) is 51.2 Å². The van der Waals surface area contributed by atoms with Gasteiger partial charge in [0, 0.05) is 26.2 Å². The monoisotopic (exact) mass is 344 g/mol. The fourth-order valence-electron chi connectivity index (χ4n) is 3.97. The van der Waals surface area contributed by atoms with Crippen molar-refractivity contribution < 1.29 is 9.53 Å². The number of carbonyl (C=O) groups excluding carboxylic acids is 1. The number of amides is 1. The first-order chi connectivity index (χ1) is 12.8. The van der Waals surface area contributed by atoms with E-state index in [4.69, 9.17) is 4.74 Å². The SMILES string of the molecule is O=C(Oc1ccc2c(ccc3c4c(ccc32)C=CC4)c1)N1CCNCC1. The molecule has 0 saturated carbocycles. The molecule has 1 N–H and O–H groups in total. The Morgan fingerprint density at radius 2 is 1.77 bits per heavy atom. The second-order valence-corrected chi connectivity index (χ2v) is 6.89. The second kappa shape index (κ2) is 6.15. The van der Waals surface area contributed by atoms with Crippen LogP contribution in [-0.4, -0.2) is 37.2 Å². The van der Waals surface area contributed by atoms with E-state index in [0.29, 0.717) is 18.8 Å². The van der Waals surface area contributed by atoms with Crippen LogP contribution in [0.15, 0.2) is 48.5 Å². The van der Waals surface area contributed by atoms with Gasteiger partial charge in [-0.15, -0.1) is 0 Å². The van der Waals surface area contributed by atoms with Gasteiger partial charge in [0.1, 0.15) is 5.75 Å². The van der Waals surface area contributed by atoms with Gasteiger partial charge in [-0.1, -0.05) is 42.5 Å². The highest BCUT2D eigenvalue weighted by Crippen LogP contribution is 2.34. The normalized spacial score (nSPS) is 16.2. The van der Waals surface area contributed by atoms with Crippen molar-refractivity contribution in [2.75, 3.05) is 26.2 Å². The summed E-state index contributed by atoms with van der Waals surface area (Å²) in [6.07, 6.45) is 5.14. The molecule has 1 saturated heterocycles. The van der Waals surface area contributed by atoms with Crippen LogP contribution in [0.25, 0.3) is 27.6 Å². The maximum absolute atomic E-state index is 12.3. The van der Waals surface area contributed by atoms with Crippen LogP contribution >= 0.6 is 0 Å². The summed E-state index contributed by atoms with van der Waals surface area (Å²) in [4.78, 5) is 14.1. The molecule has 4 heteroatoms. The summed E-state index contributed by atoms with van der Waals surface area (Å²) in [5.74, 6) is 0.600. The van der Waals surface area contributed by atoms with E-state index in [-0.39, 0.29) is 6.09 Å². The first-order valence-electron chi connectivity index (χ1n) is 9.12. The van der Waals surface area contributed by atoms with Crippen molar-refractivity contribution in [3.63, 3.8) is 0 Å². The van der Waals surface area contributed by atoms with Crippen molar-refractivity contribution in [2.45, 2.75) is 6.42 Å². The molecular weight excluding hydrogens is 324 g/mol. The maximum Gasteiger partial charge on any atom is 0.415 e. The number of rotatable bonds is 1. The number of benzene rings is 3. The Labute approximate surface area is 152 Å². The summed E-state index contributed by atoms with van der Waals surface area (Å²) in [6.45, 7) is 3.02. The fourth-order valence-corrected chi connectivity index (χ4v) is 3.97. The van der Waals surface area contributed by atoms with Gasteiger partial charge in [0.2, 0.25) is 0 Å². The molecule has 2 aliphatic rings. The van der Waals surface area contributed by atoms with Crippen LogP contribution in [0.3, 0.4) is 0 Å². The maximum atomic E-state index is 12.3. The molecule has 5 rings (SSSR count). The number of fused-ring (bicyclic) bond motifs is 5. The summed E-state index contributed by atoms with van der Waals surface area (Å²) in [5.41, 5.74) is 2.72. The Balaban J connectivity index is 1.49. The molecule has 26 heavy (non-hydrogen) atoms. The van der Waals surface area contributed by atoms with Gasteiger partial charge in [0.25, 0.3) is 0 Å². The van der Waals surface area contributed by atoms with Crippen LogP contribution in [0.4, 0.5) is 4.79 Å². The molecule has 1 amide bonds. The number of allylic oxidation sites excluding steroid dienone is 1. The minimum absolute atomic E-state index is 0.268. The first-order valence-corrected chi connectivity index (χ1v) is 9.12. The van der Waals surface area contributed by atoms with Crippen molar-refractivity contribution in [2.24, 2.45) is 0 Å². The largest absolute Gasteiger partial charge is 0.415 e. The van der Waals surface area contributed by atoms with Gasteiger partial charge in [-0.3, -0.25) is 0 Å². The Kier molecular flexibility index (Phi) is 3.64. The molecule has 1 heterocycles. The Bertz CT molecular complexity index is 1050. The van der Waals surface area contributed by atoms with E-state index < -0.39 is 0 Å². The van der Waals surface area contributed by atoms with Crippen LogP contribution in [0.5, 0.6) is 5.75 Å². The summed E-state index contributed by atoms with van der Waals surface area (Å²) in [7, 11) is 0. The van der Waals surface area contributed by atoms with Crippen LogP contribution in [0.1, 0.15) is 11.1 Å². The van der Waals surface area contributed by atoms with Crippen molar-refractivity contribution >= 4 is 33.7 Å². The zero-order chi connectivity index (χ0) is 17.5. The Morgan fingerprint density at radius 1 is 0.962 bits per heavy atom. The molecule has 0 radical (unpaired) electrons. The van der Waals surface area contributed by atoms with Gasteiger partial charge in [-0.25, -0.2) is 4.79 Å². The molecule has 0 unspecified atom stereocenters. The Hall–Kier alpha value is -2.85. The zero-order valence-electron chi connectivity index (χ0n) is 14.5. The molecule has 0 bridgehead atoms. The minimum Gasteiger partial charge on any atom is -0.410 e. The molecule has 0 aromatic heterocycles. The minimum atomic E-state index is -0.268. The average molecular weight is 344 g/mol. The topological polar surface area (TPSA) is 41.6 Å². The smallest absolute Gasteiger partial charge is 0.410 e. The lowest BCUT2D eigenvalue weighted by molar-refractivity contribution is 0.146. The number of ether oxygens (including phenoxy) is 1. The third-order valence-electron chi connectivity index (χ3n) is 5.34. The van der Waals surface area contributed by atoms with Crippen LogP contribution < -0.4 is 10.1 Å². The second-order valence-electron chi connectivity index (χ2n) is 6.89. The number of piperazine rings is 1. The average Bonchev–Trinajstić information content (AvgIpc) is 3.17. The lowest BCUT2D eigenvalue weighted by Crippen LogP contribution is -2.47. The third kappa shape index (κ3) is 2.54. The van der Waals surface area contributed by atoms with Gasteiger partial charge in [0.05, 0.1) is 0 Å². The molecule has 4 nitrogen and oxygen atoms in total. The third-order valence-corrected chi connectivity index (χ3v) is 5.34. The predicted octanol–water partition coefficient (Wildman–Crippen LogP) is 3.97. The van der Waals surface area contributed by atoms with Gasteiger partial charge in [0.15, 0.2) is 0 Å². The number of carbonyl (C=O) groups is 1. The molecule has 0 spiro atoms. The summed E-state index contributed by atoms with van der Waals surface area (Å²) >= 11 is 0. The lowest BCUT2D eigenvalue weighted by Gasteiger charge is -2.26. The standard InChI is InChI=1S/C22H20N2O2/c25-22(24-12-10-23-11-13-24)26-17-6-9-19-16(14-17)5-8-20-18-3-1-2-15(18)4-7-21(19)20/h1-2,4-9,14,23H,3,10-13H2. The van der Waals surface area contributed by atoms with Crippen LogP contribution in [0, 0.1) is 0 Å². The lowest BCUT2D eigenvalue weighted by atomic mass is 9.96. The van der Waals surface area contributed by atoms with Crippen LogP contribution in [-0.2, 0) is 6.42 Å². The number of hydrogen-bond acceptors (Lipinski definition) is 3. The highest BCUT2D eigenvalue weighted by molar-refractivity contribution is 6.09. The van der Waals surface area contributed by atoms with Crippen molar-refractivity contribution in [1.82, 2.24) is 10.2 Å². The molecule has 3 aromatic rings. The van der Waals surface area contributed by atoms with Gasteiger partial charge in [-0.2, -0.15) is 0 Å². The van der Waals surface area contributed by atoms with E-state index in [9.17, 15) is 4.79 Å². The molecule has 1 aliphatic heterocycles. The van der Waals surface area contributed by atoms with E-state index in [1.807, 2.05) is 12.1 Å². The van der Waals surface area contributed by atoms with Crippen molar-refractivity contribution in [1.29, 1.82) is 0 Å². The van der Waals surface area contributed by atoms with Gasteiger partial charge < -0.3 is 15.0 Å². The quantitative estimate of drug-likeness (QED) is 0.679. The zero-order valence-corrected chi connectivity index (χ0v) is 14.5. The molecule has 130 valence electrons. The molecular formula is C22H20N2O2. The van der Waals surface area contributed by atoms with E-state index in [0.717, 1.165) is 24.9 Å². The van der Waals surface area contributed by atoms with Crippen molar-refractivity contribution in [3.8, 4) is 5.75 Å². The summed E-state index contributed by atoms with van der Waals surface area (Å²) in [6, 6.07) is 14.6. The summed E-state index contributed by atoms with van der Waals surface area (Å²) in [5, 5.41) is 8.09. The highest BCUT2D eigenvalue weighted by atomic mass is 16.6. The molecule has 1 aliphatic carbocycles. The number of hydrogen-bond donors (Lipinski definition) is 1. The molecule has 3 aromatic carbocycles. The molecule has 1 fully saturated rings. The fraction of sp³-hybridized carbons (Fsp3) is 0.227. The van der Waals surface area contributed by atoms with Crippen molar-refractivity contribution in [3.05, 3.63) is 59.7 Å². The Morgan fingerprint density at radius 3 is 2.65 bits per heavy atom.